The van der Waals surface area contributed by atoms with Gasteiger partial charge in [0.15, 0.2) is 4.96 Å². The lowest BCUT2D eigenvalue weighted by molar-refractivity contribution is -0.121. The molecule has 1 amide bonds. The van der Waals surface area contributed by atoms with E-state index in [1.807, 2.05) is 5.38 Å². The van der Waals surface area contributed by atoms with Gasteiger partial charge < -0.3 is 5.32 Å². The third kappa shape index (κ3) is 2.75. The van der Waals surface area contributed by atoms with Crippen LogP contribution in [0.3, 0.4) is 0 Å². The van der Waals surface area contributed by atoms with E-state index in [1.165, 1.54) is 16.7 Å². The zero-order valence-corrected chi connectivity index (χ0v) is 15.8. The Kier molecular flexibility index (Phi) is 3.83. The molecule has 4 nitrogen and oxygen atoms in total. The molecule has 5 heteroatoms. The van der Waals surface area contributed by atoms with Gasteiger partial charge >= 0.3 is 0 Å². The first-order chi connectivity index (χ1) is 13.2. The number of amides is 1. The molecular formula is C22H19N3OS. The second-order valence-corrected chi connectivity index (χ2v) is 7.85. The third-order valence-electron chi connectivity index (χ3n) is 5.29. The van der Waals surface area contributed by atoms with Crippen molar-refractivity contribution in [2.45, 2.75) is 25.8 Å². The Morgan fingerprint density at radius 3 is 2.96 bits per heavy atom. The molecule has 4 aromatic rings. The lowest BCUT2D eigenvalue weighted by atomic mass is 9.89. The summed E-state index contributed by atoms with van der Waals surface area (Å²) >= 11 is 1.63. The number of thiazole rings is 1. The molecule has 0 fully saturated rings. The molecule has 0 aliphatic carbocycles. The van der Waals surface area contributed by atoms with Crippen molar-refractivity contribution in [3.63, 3.8) is 0 Å². The van der Waals surface area contributed by atoms with Crippen molar-refractivity contribution in [1.82, 2.24) is 14.7 Å². The predicted octanol–water partition coefficient (Wildman–Crippen LogP) is 4.52. The number of carbonyl (C=O) groups is 1. The van der Waals surface area contributed by atoms with Crippen LogP contribution < -0.4 is 5.32 Å². The van der Waals surface area contributed by atoms with E-state index in [4.69, 9.17) is 4.98 Å². The van der Waals surface area contributed by atoms with Crippen LogP contribution in [-0.4, -0.2) is 15.3 Å². The molecule has 1 aliphatic rings. The maximum absolute atomic E-state index is 12.4. The lowest BCUT2D eigenvalue weighted by Crippen LogP contribution is -2.21. The fourth-order valence-electron chi connectivity index (χ4n) is 3.98. The second kappa shape index (κ2) is 6.35. The van der Waals surface area contributed by atoms with Gasteiger partial charge in [0.05, 0.1) is 17.9 Å². The normalized spacial score (nSPS) is 16.8. The third-order valence-corrected chi connectivity index (χ3v) is 6.05. The van der Waals surface area contributed by atoms with Gasteiger partial charge in [-0.1, -0.05) is 48.5 Å². The van der Waals surface area contributed by atoms with Crippen molar-refractivity contribution in [1.29, 1.82) is 0 Å². The van der Waals surface area contributed by atoms with Gasteiger partial charge in [-0.2, -0.15) is 0 Å². The number of fused-ring (bicyclic) bond motifs is 3. The fourth-order valence-corrected chi connectivity index (χ4v) is 4.72. The molecule has 134 valence electrons. The maximum atomic E-state index is 12.4. The van der Waals surface area contributed by atoms with Crippen molar-refractivity contribution in [2.24, 2.45) is 0 Å². The first-order valence-corrected chi connectivity index (χ1v) is 9.95. The molecule has 0 radical (unpaired) electrons. The van der Waals surface area contributed by atoms with Crippen molar-refractivity contribution in [3.8, 4) is 11.1 Å². The van der Waals surface area contributed by atoms with Gasteiger partial charge in [-0.05, 0) is 29.2 Å². The van der Waals surface area contributed by atoms with Gasteiger partial charge in [-0.25, -0.2) is 4.98 Å². The van der Waals surface area contributed by atoms with Crippen LogP contribution in [-0.2, 0) is 11.3 Å². The monoisotopic (exact) mass is 373 g/mol. The number of rotatable bonds is 2. The number of benzene rings is 2. The van der Waals surface area contributed by atoms with E-state index in [0.29, 0.717) is 13.0 Å². The Hall–Kier alpha value is -2.92. The number of aryl methyl sites for hydroxylation is 1. The zero-order chi connectivity index (χ0) is 18.4. The Bertz CT molecular complexity index is 1160. The Morgan fingerprint density at radius 1 is 1.19 bits per heavy atom. The molecule has 2 aromatic heterocycles. The summed E-state index contributed by atoms with van der Waals surface area (Å²) in [6, 6.07) is 17.0. The van der Waals surface area contributed by atoms with Crippen LogP contribution in [0.5, 0.6) is 0 Å². The minimum absolute atomic E-state index is 0.00364. The summed E-state index contributed by atoms with van der Waals surface area (Å²) < 4.78 is 2.14. The van der Waals surface area contributed by atoms with Crippen LogP contribution in [0.2, 0.25) is 0 Å². The highest BCUT2D eigenvalue weighted by Crippen LogP contribution is 2.36. The van der Waals surface area contributed by atoms with E-state index >= 15 is 0 Å². The van der Waals surface area contributed by atoms with Crippen molar-refractivity contribution in [3.05, 3.63) is 82.6 Å². The van der Waals surface area contributed by atoms with E-state index in [-0.39, 0.29) is 11.8 Å². The number of hydrogen-bond donors (Lipinski definition) is 1. The number of nitrogens with zero attached hydrogens (tertiary/aromatic N) is 2. The second-order valence-electron chi connectivity index (χ2n) is 6.97. The van der Waals surface area contributed by atoms with Crippen LogP contribution >= 0.6 is 11.3 Å². The van der Waals surface area contributed by atoms with E-state index in [1.54, 1.807) is 11.3 Å². The molecule has 0 saturated carbocycles. The standard InChI is InChI=1S/C22H19N3OS/c1-14-5-2-3-8-17(14)15-6-4-7-16(11-15)18-12-20(26)23-13-19-21(18)25-9-10-27-22(25)24-19/h2-11,18H,12-13H2,1H3,(H,23,26). The van der Waals surface area contributed by atoms with Crippen LogP contribution in [0.25, 0.3) is 16.1 Å². The van der Waals surface area contributed by atoms with Crippen LogP contribution in [0, 0.1) is 6.92 Å². The molecule has 5 rings (SSSR count). The summed E-state index contributed by atoms with van der Waals surface area (Å²) in [5, 5.41) is 5.04. The molecule has 1 aliphatic heterocycles. The molecule has 3 heterocycles. The van der Waals surface area contributed by atoms with Gasteiger partial charge in [0.2, 0.25) is 5.91 Å². The summed E-state index contributed by atoms with van der Waals surface area (Å²) in [7, 11) is 0. The highest BCUT2D eigenvalue weighted by atomic mass is 32.1. The van der Waals surface area contributed by atoms with Gasteiger partial charge in [0.1, 0.15) is 0 Å². The highest BCUT2D eigenvalue weighted by Gasteiger charge is 2.29. The quantitative estimate of drug-likeness (QED) is 0.561. The predicted molar refractivity (Wildman–Crippen MR) is 108 cm³/mol. The molecular weight excluding hydrogens is 354 g/mol. The topological polar surface area (TPSA) is 46.4 Å². The average Bonchev–Trinajstić information content (AvgIpc) is 3.22. The molecule has 1 unspecified atom stereocenters. The van der Waals surface area contributed by atoms with Gasteiger partial charge in [-0.3, -0.25) is 9.20 Å². The summed E-state index contributed by atoms with van der Waals surface area (Å²) in [5.74, 6) is 0.0688. The number of nitrogens with one attached hydrogen (secondary N) is 1. The summed E-state index contributed by atoms with van der Waals surface area (Å²) in [6.07, 6.45) is 2.49. The zero-order valence-electron chi connectivity index (χ0n) is 15.0. The van der Waals surface area contributed by atoms with Gasteiger partial charge in [-0.15, -0.1) is 11.3 Å². The largest absolute Gasteiger partial charge is 0.350 e. The number of carbonyl (C=O) groups excluding carboxylic acids is 1. The van der Waals surface area contributed by atoms with Crippen LogP contribution in [0.1, 0.15) is 34.9 Å². The minimum Gasteiger partial charge on any atom is -0.350 e. The summed E-state index contributed by atoms with van der Waals surface area (Å²) in [5.41, 5.74) is 6.92. The number of imidazole rings is 1. The van der Waals surface area contributed by atoms with E-state index in [0.717, 1.165) is 21.9 Å². The Labute approximate surface area is 161 Å². The molecule has 1 atom stereocenters. The number of aromatic nitrogens is 2. The molecule has 0 saturated heterocycles. The van der Waals surface area contributed by atoms with Gasteiger partial charge in [0.25, 0.3) is 0 Å². The fraction of sp³-hybridized carbons (Fsp3) is 0.182. The first kappa shape index (κ1) is 16.3. The van der Waals surface area contributed by atoms with E-state index in [9.17, 15) is 4.79 Å². The first-order valence-electron chi connectivity index (χ1n) is 9.07. The highest BCUT2D eigenvalue weighted by molar-refractivity contribution is 7.15. The van der Waals surface area contributed by atoms with Crippen LogP contribution in [0.4, 0.5) is 0 Å². The van der Waals surface area contributed by atoms with Crippen LogP contribution in [0.15, 0.2) is 60.1 Å². The average molecular weight is 373 g/mol. The van der Waals surface area contributed by atoms with Gasteiger partial charge in [0, 0.05) is 23.9 Å². The smallest absolute Gasteiger partial charge is 0.221 e. The van der Waals surface area contributed by atoms with Crippen molar-refractivity contribution in [2.75, 3.05) is 0 Å². The van der Waals surface area contributed by atoms with E-state index < -0.39 is 0 Å². The maximum Gasteiger partial charge on any atom is 0.221 e. The Balaban J connectivity index is 1.67. The molecule has 27 heavy (non-hydrogen) atoms. The Morgan fingerprint density at radius 2 is 2.07 bits per heavy atom. The van der Waals surface area contributed by atoms with Crippen molar-refractivity contribution < 1.29 is 4.79 Å². The molecule has 2 aromatic carbocycles. The molecule has 0 bridgehead atoms. The van der Waals surface area contributed by atoms with E-state index in [2.05, 4.69) is 71.4 Å². The molecule has 0 spiro atoms. The molecule has 1 N–H and O–H groups in total. The summed E-state index contributed by atoms with van der Waals surface area (Å²) in [4.78, 5) is 18.1. The SMILES string of the molecule is Cc1ccccc1-c1cccc(C2CC(=O)NCc3nc4sccn4c32)c1. The van der Waals surface area contributed by atoms with Crippen molar-refractivity contribution >= 4 is 22.2 Å². The minimum atomic E-state index is -0.00364. The lowest BCUT2D eigenvalue weighted by Gasteiger charge is -2.17. The number of hydrogen-bond acceptors (Lipinski definition) is 3. The summed E-state index contributed by atoms with van der Waals surface area (Å²) in [6.45, 7) is 2.63.